The lowest BCUT2D eigenvalue weighted by molar-refractivity contribution is -0.124. The third kappa shape index (κ3) is 5.44. The SMILES string of the molecule is O=C(CC1C(=O)N(c2ccc(F)cc2)C(=S)N1NC(=O)c1cccc(F)c1)Nc1ccc(Cl)cc1. The number of thiocarbonyl (C=S) groups is 1. The first-order chi connectivity index (χ1) is 16.7. The van der Waals surface area contributed by atoms with Crippen molar-refractivity contribution in [1.29, 1.82) is 0 Å². The van der Waals surface area contributed by atoms with Crippen LogP contribution in [0, 0.1) is 11.6 Å². The van der Waals surface area contributed by atoms with Crippen molar-refractivity contribution in [3.8, 4) is 0 Å². The van der Waals surface area contributed by atoms with Crippen molar-refractivity contribution < 1.29 is 23.2 Å². The van der Waals surface area contributed by atoms with Crippen LogP contribution in [-0.2, 0) is 9.59 Å². The Hall–Kier alpha value is -3.89. The lowest BCUT2D eigenvalue weighted by atomic mass is 10.1. The average Bonchev–Trinajstić information content (AvgIpc) is 3.05. The summed E-state index contributed by atoms with van der Waals surface area (Å²) in [7, 11) is 0. The summed E-state index contributed by atoms with van der Waals surface area (Å²) < 4.78 is 27.0. The van der Waals surface area contributed by atoms with Crippen LogP contribution in [0.25, 0.3) is 0 Å². The normalized spacial score (nSPS) is 15.3. The van der Waals surface area contributed by atoms with Crippen molar-refractivity contribution in [3.63, 3.8) is 0 Å². The first kappa shape index (κ1) is 24.2. The van der Waals surface area contributed by atoms with E-state index in [2.05, 4.69) is 10.7 Å². The second-order valence-corrected chi connectivity index (χ2v) is 8.33. The predicted molar refractivity (Wildman–Crippen MR) is 131 cm³/mol. The fraction of sp³-hybridized carbons (Fsp3) is 0.0833. The van der Waals surface area contributed by atoms with Gasteiger partial charge in [-0.15, -0.1) is 0 Å². The standard InChI is InChI=1S/C24H17ClF2N4O3S/c25-15-4-8-18(9-5-15)28-21(32)13-20-23(34)30(19-10-6-16(26)7-11-19)24(35)31(20)29-22(33)14-2-1-3-17(27)12-14/h1-12,20H,13H2,(H,28,32)(H,29,33). The first-order valence-electron chi connectivity index (χ1n) is 10.3. The maximum atomic E-state index is 13.6. The number of benzene rings is 3. The highest BCUT2D eigenvalue weighted by Crippen LogP contribution is 2.27. The molecule has 3 amide bonds. The quantitative estimate of drug-likeness (QED) is 0.480. The van der Waals surface area contributed by atoms with E-state index in [1.165, 1.54) is 30.3 Å². The molecule has 1 unspecified atom stereocenters. The zero-order chi connectivity index (χ0) is 25.1. The summed E-state index contributed by atoms with van der Waals surface area (Å²) in [5.74, 6) is -3.00. The summed E-state index contributed by atoms with van der Waals surface area (Å²) in [4.78, 5) is 39.9. The van der Waals surface area contributed by atoms with Crippen molar-refractivity contribution in [2.24, 2.45) is 0 Å². The van der Waals surface area contributed by atoms with Gasteiger partial charge in [-0.25, -0.2) is 13.8 Å². The van der Waals surface area contributed by atoms with E-state index in [1.807, 2.05) is 0 Å². The van der Waals surface area contributed by atoms with E-state index in [0.29, 0.717) is 10.7 Å². The number of anilines is 2. The Kier molecular flexibility index (Phi) is 7.04. The van der Waals surface area contributed by atoms with Crippen LogP contribution in [-0.4, -0.2) is 33.9 Å². The topological polar surface area (TPSA) is 81.8 Å². The molecule has 1 aliphatic rings. The monoisotopic (exact) mass is 514 g/mol. The zero-order valence-electron chi connectivity index (χ0n) is 17.9. The van der Waals surface area contributed by atoms with Gasteiger partial charge in [0.1, 0.15) is 17.7 Å². The molecule has 11 heteroatoms. The number of carbonyl (C=O) groups excluding carboxylic acids is 3. The number of rotatable bonds is 6. The predicted octanol–water partition coefficient (Wildman–Crippen LogP) is 4.29. The molecule has 1 heterocycles. The number of hydrogen-bond acceptors (Lipinski definition) is 4. The lowest BCUT2D eigenvalue weighted by Crippen LogP contribution is -2.49. The highest BCUT2D eigenvalue weighted by molar-refractivity contribution is 7.80. The third-order valence-electron chi connectivity index (χ3n) is 5.11. The summed E-state index contributed by atoms with van der Waals surface area (Å²) in [5.41, 5.74) is 3.20. The summed E-state index contributed by atoms with van der Waals surface area (Å²) >= 11 is 11.3. The maximum absolute atomic E-state index is 13.6. The van der Waals surface area contributed by atoms with Gasteiger partial charge in [-0.1, -0.05) is 17.7 Å². The molecule has 0 spiro atoms. The van der Waals surface area contributed by atoms with Gasteiger partial charge in [0.2, 0.25) is 11.0 Å². The largest absolute Gasteiger partial charge is 0.326 e. The Bertz CT molecular complexity index is 1300. The van der Waals surface area contributed by atoms with Crippen LogP contribution in [0.5, 0.6) is 0 Å². The second kappa shape index (κ2) is 10.2. The molecule has 0 aliphatic carbocycles. The second-order valence-electron chi connectivity index (χ2n) is 7.53. The van der Waals surface area contributed by atoms with Gasteiger partial charge in [-0.2, -0.15) is 0 Å². The van der Waals surface area contributed by atoms with Crippen molar-refractivity contribution in [2.45, 2.75) is 12.5 Å². The number of nitrogens with zero attached hydrogens (tertiary/aromatic N) is 2. The van der Waals surface area contributed by atoms with Crippen LogP contribution in [0.4, 0.5) is 20.2 Å². The minimum absolute atomic E-state index is 0.00940. The van der Waals surface area contributed by atoms with Crippen LogP contribution in [0.15, 0.2) is 72.8 Å². The number of nitrogens with one attached hydrogen (secondary N) is 2. The van der Waals surface area contributed by atoms with Gasteiger partial charge in [0, 0.05) is 16.3 Å². The summed E-state index contributed by atoms with van der Waals surface area (Å²) in [6.07, 6.45) is -0.372. The van der Waals surface area contributed by atoms with Gasteiger partial charge in [-0.3, -0.25) is 24.7 Å². The molecule has 0 saturated carbocycles. The summed E-state index contributed by atoms with van der Waals surface area (Å²) in [6.45, 7) is 0. The smallest absolute Gasteiger partial charge is 0.269 e. The fourth-order valence-electron chi connectivity index (χ4n) is 3.45. The van der Waals surface area contributed by atoms with Crippen molar-refractivity contribution in [2.75, 3.05) is 10.2 Å². The molecule has 1 aliphatic heterocycles. The van der Waals surface area contributed by atoms with Crippen LogP contribution in [0.2, 0.25) is 5.02 Å². The van der Waals surface area contributed by atoms with Gasteiger partial charge in [0.25, 0.3) is 11.8 Å². The summed E-state index contributed by atoms with van der Waals surface area (Å²) in [6, 6.07) is 15.1. The molecule has 3 aromatic carbocycles. The Morgan fingerprint density at radius 2 is 1.66 bits per heavy atom. The number of amides is 3. The van der Waals surface area contributed by atoms with E-state index in [9.17, 15) is 23.2 Å². The average molecular weight is 515 g/mol. The molecule has 4 rings (SSSR count). The van der Waals surface area contributed by atoms with Gasteiger partial charge in [-0.05, 0) is 78.9 Å². The molecular formula is C24H17ClF2N4O3S. The molecule has 0 radical (unpaired) electrons. The fourth-order valence-corrected chi connectivity index (χ4v) is 3.95. The molecular weight excluding hydrogens is 498 g/mol. The lowest BCUT2D eigenvalue weighted by Gasteiger charge is -2.24. The Morgan fingerprint density at radius 3 is 2.31 bits per heavy atom. The maximum Gasteiger partial charge on any atom is 0.269 e. The van der Waals surface area contributed by atoms with Crippen LogP contribution < -0.4 is 15.6 Å². The molecule has 1 fully saturated rings. The molecule has 0 bridgehead atoms. The van der Waals surface area contributed by atoms with Crippen LogP contribution in [0.1, 0.15) is 16.8 Å². The molecule has 2 N–H and O–H groups in total. The Labute approximate surface area is 209 Å². The molecule has 3 aromatic rings. The summed E-state index contributed by atoms with van der Waals surface area (Å²) in [5, 5.41) is 4.09. The molecule has 1 atom stereocenters. The molecule has 0 aromatic heterocycles. The van der Waals surface area contributed by atoms with Crippen LogP contribution in [0.3, 0.4) is 0 Å². The Morgan fingerprint density at radius 1 is 0.971 bits per heavy atom. The van der Waals surface area contributed by atoms with Gasteiger partial charge < -0.3 is 5.32 Å². The van der Waals surface area contributed by atoms with E-state index in [-0.39, 0.29) is 22.8 Å². The van der Waals surface area contributed by atoms with Crippen molar-refractivity contribution in [3.05, 3.63) is 95.0 Å². The number of hydrazine groups is 1. The van der Waals surface area contributed by atoms with E-state index in [1.54, 1.807) is 24.3 Å². The molecule has 178 valence electrons. The van der Waals surface area contributed by atoms with Crippen LogP contribution >= 0.6 is 23.8 Å². The first-order valence-corrected chi connectivity index (χ1v) is 11.1. The Balaban J connectivity index is 1.60. The molecule has 7 nitrogen and oxygen atoms in total. The number of halogens is 3. The van der Waals surface area contributed by atoms with Gasteiger partial charge >= 0.3 is 0 Å². The van der Waals surface area contributed by atoms with Crippen molar-refractivity contribution >= 4 is 58.0 Å². The van der Waals surface area contributed by atoms with Gasteiger partial charge in [0.05, 0.1) is 12.1 Å². The highest BCUT2D eigenvalue weighted by atomic mass is 35.5. The van der Waals surface area contributed by atoms with E-state index in [0.717, 1.165) is 28.1 Å². The number of hydrogen-bond donors (Lipinski definition) is 2. The van der Waals surface area contributed by atoms with E-state index in [4.69, 9.17) is 23.8 Å². The minimum atomic E-state index is -1.21. The molecule has 35 heavy (non-hydrogen) atoms. The number of carbonyl (C=O) groups is 3. The molecule has 1 saturated heterocycles. The highest BCUT2D eigenvalue weighted by Gasteiger charge is 2.45. The van der Waals surface area contributed by atoms with Crippen molar-refractivity contribution in [1.82, 2.24) is 10.4 Å². The zero-order valence-corrected chi connectivity index (χ0v) is 19.4. The minimum Gasteiger partial charge on any atom is -0.326 e. The van der Waals surface area contributed by atoms with Gasteiger partial charge in [0.15, 0.2) is 0 Å². The van der Waals surface area contributed by atoms with E-state index < -0.39 is 35.4 Å². The van der Waals surface area contributed by atoms with E-state index >= 15 is 0 Å². The third-order valence-corrected chi connectivity index (χ3v) is 5.75.